The van der Waals surface area contributed by atoms with Gasteiger partial charge in [0.1, 0.15) is 17.8 Å². The van der Waals surface area contributed by atoms with Crippen molar-refractivity contribution in [1.29, 1.82) is 0 Å². The number of hydrazine groups is 1. The van der Waals surface area contributed by atoms with Gasteiger partial charge in [0.25, 0.3) is 5.91 Å². The monoisotopic (exact) mass is 322 g/mol. The molecule has 0 saturated heterocycles. The first kappa shape index (κ1) is 15.2. The summed E-state index contributed by atoms with van der Waals surface area (Å²) in [4.78, 5) is 28.1. The van der Waals surface area contributed by atoms with Gasteiger partial charge >= 0.3 is 0 Å². The van der Waals surface area contributed by atoms with Gasteiger partial charge in [-0.1, -0.05) is 6.07 Å². The Bertz CT molecular complexity index is 825. The summed E-state index contributed by atoms with van der Waals surface area (Å²) < 4.78 is 0. The number of carbonyl (C=O) groups is 1. The second-order valence-electron chi connectivity index (χ2n) is 4.65. The van der Waals surface area contributed by atoms with E-state index in [2.05, 4.69) is 36.1 Å². The summed E-state index contributed by atoms with van der Waals surface area (Å²) in [6.45, 7) is 0. The molecule has 0 aliphatic heterocycles. The lowest BCUT2D eigenvalue weighted by Crippen LogP contribution is -2.30. The maximum absolute atomic E-state index is 12.0. The minimum Gasteiger partial charge on any atom is -0.393 e. The van der Waals surface area contributed by atoms with Crippen molar-refractivity contribution >= 4 is 29.0 Å². The van der Waals surface area contributed by atoms with Crippen LogP contribution in [0.2, 0.25) is 0 Å². The molecule has 0 aliphatic rings. The van der Waals surface area contributed by atoms with Crippen molar-refractivity contribution in [2.24, 2.45) is 0 Å². The fraction of sp³-hybridized carbons (Fsp3) is 0. The highest BCUT2D eigenvalue weighted by Gasteiger charge is 2.10. The zero-order chi connectivity index (χ0) is 16.8. The second-order valence-corrected chi connectivity index (χ2v) is 4.65. The lowest BCUT2D eigenvalue weighted by Gasteiger charge is -2.12. The number of hydrogen-bond donors (Lipinski definition) is 4. The number of nitrogen functional groups attached to an aromatic ring is 1. The zero-order valence-electron chi connectivity index (χ0n) is 12.5. The van der Waals surface area contributed by atoms with Crippen LogP contribution in [0, 0.1) is 0 Å². The van der Waals surface area contributed by atoms with E-state index in [9.17, 15) is 4.79 Å². The van der Waals surface area contributed by atoms with E-state index in [1.165, 1.54) is 12.5 Å². The highest BCUT2D eigenvalue weighted by molar-refractivity contribution is 5.94. The predicted molar refractivity (Wildman–Crippen MR) is 89.3 cm³/mol. The lowest BCUT2D eigenvalue weighted by atomic mass is 10.3. The number of hydrogen-bond acceptors (Lipinski definition) is 8. The van der Waals surface area contributed by atoms with Crippen molar-refractivity contribution < 1.29 is 4.79 Å². The normalized spacial score (nSPS) is 10.0. The van der Waals surface area contributed by atoms with E-state index >= 15 is 0 Å². The minimum absolute atomic E-state index is 0.245. The highest BCUT2D eigenvalue weighted by Crippen LogP contribution is 2.24. The average Bonchev–Trinajstić information content (AvgIpc) is 2.64. The van der Waals surface area contributed by atoms with Crippen molar-refractivity contribution in [3.05, 3.63) is 60.8 Å². The van der Waals surface area contributed by atoms with Crippen molar-refractivity contribution in [3.8, 4) is 0 Å². The summed E-state index contributed by atoms with van der Waals surface area (Å²) in [6.07, 6.45) is 6.00. The van der Waals surface area contributed by atoms with Gasteiger partial charge in [0.2, 0.25) is 0 Å². The number of carbonyl (C=O) groups excluding carboxylic acids is 1. The van der Waals surface area contributed by atoms with Crippen molar-refractivity contribution in [2.45, 2.75) is 0 Å². The Hall–Kier alpha value is -3.75. The van der Waals surface area contributed by atoms with E-state index in [1.807, 2.05) is 6.07 Å². The Morgan fingerprint density at radius 2 is 1.88 bits per heavy atom. The molecule has 24 heavy (non-hydrogen) atoms. The third-order valence-corrected chi connectivity index (χ3v) is 3.01. The fourth-order valence-corrected chi connectivity index (χ4v) is 1.84. The van der Waals surface area contributed by atoms with E-state index in [0.717, 1.165) is 0 Å². The van der Waals surface area contributed by atoms with Crippen LogP contribution in [-0.2, 0) is 0 Å². The topological polar surface area (TPSA) is 131 Å². The van der Waals surface area contributed by atoms with Gasteiger partial charge in [-0.3, -0.25) is 20.6 Å². The number of anilines is 4. The first-order valence-electron chi connectivity index (χ1n) is 6.99. The summed E-state index contributed by atoms with van der Waals surface area (Å²) in [6, 6.07) is 8.72. The molecule has 3 aromatic rings. The highest BCUT2D eigenvalue weighted by atomic mass is 16.2. The Morgan fingerprint density at radius 1 is 1.00 bits per heavy atom. The van der Waals surface area contributed by atoms with Crippen LogP contribution in [0.1, 0.15) is 10.4 Å². The Kier molecular flexibility index (Phi) is 4.43. The number of rotatable bonds is 5. The SMILES string of the molecule is Nc1c(NNC(=O)c2cccnc2)ncnc1Nc1ccccn1. The first-order valence-corrected chi connectivity index (χ1v) is 6.99. The molecule has 0 saturated carbocycles. The fourth-order valence-electron chi connectivity index (χ4n) is 1.84. The van der Waals surface area contributed by atoms with E-state index < -0.39 is 0 Å². The van der Waals surface area contributed by atoms with Crippen LogP contribution in [-0.4, -0.2) is 25.8 Å². The van der Waals surface area contributed by atoms with Crippen molar-refractivity contribution in [3.63, 3.8) is 0 Å². The molecule has 1 amide bonds. The number of pyridine rings is 2. The molecule has 0 atom stereocenters. The summed E-state index contributed by atoms with van der Waals surface area (Å²) in [5, 5.41) is 2.98. The average molecular weight is 322 g/mol. The summed E-state index contributed by atoms with van der Waals surface area (Å²) in [7, 11) is 0. The van der Waals surface area contributed by atoms with Gasteiger partial charge in [0, 0.05) is 18.6 Å². The minimum atomic E-state index is -0.361. The van der Waals surface area contributed by atoms with Crippen LogP contribution in [0.15, 0.2) is 55.2 Å². The van der Waals surface area contributed by atoms with Crippen LogP contribution < -0.4 is 21.9 Å². The number of nitrogens with one attached hydrogen (secondary N) is 3. The molecule has 0 unspecified atom stereocenters. The van der Waals surface area contributed by atoms with Crippen LogP contribution in [0.25, 0.3) is 0 Å². The Balaban J connectivity index is 1.70. The second kappa shape index (κ2) is 7.01. The predicted octanol–water partition coefficient (Wildman–Crippen LogP) is 1.35. The van der Waals surface area contributed by atoms with E-state index in [1.54, 1.807) is 36.7 Å². The number of nitrogens with zero attached hydrogens (tertiary/aromatic N) is 4. The lowest BCUT2D eigenvalue weighted by molar-refractivity contribution is 0.0962. The number of amides is 1. The van der Waals surface area contributed by atoms with Crippen LogP contribution >= 0.6 is 0 Å². The van der Waals surface area contributed by atoms with Gasteiger partial charge < -0.3 is 11.1 Å². The largest absolute Gasteiger partial charge is 0.393 e. The third-order valence-electron chi connectivity index (χ3n) is 3.01. The molecular formula is C15H14N8O. The summed E-state index contributed by atoms with van der Waals surface area (Å²) in [5.41, 5.74) is 11.8. The van der Waals surface area contributed by atoms with Gasteiger partial charge in [-0.05, 0) is 24.3 Å². The van der Waals surface area contributed by atoms with Crippen LogP contribution in [0.4, 0.5) is 23.1 Å². The summed E-state index contributed by atoms with van der Waals surface area (Å²) >= 11 is 0. The van der Waals surface area contributed by atoms with Gasteiger partial charge in [0.05, 0.1) is 5.56 Å². The van der Waals surface area contributed by atoms with E-state index in [4.69, 9.17) is 5.73 Å². The van der Waals surface area contributed by atoms with Gasteiger partial charge in [-0.25, -0.2) is 15.0 Å². The maximum atomic E-state index is 12.0. The molecule has 0 spiro atoms. The van der Waals surface area contributed by atoms with E-state index in [-0.39, 0.29) is 17.4 Å². The molecular weight excluding hydrogens is 308 g/mol. The molecule has 3 heterocycles. The summed E-state index contributed by atoms with van der Waals surface area (Å²) in [5.74, 6) is 0.871. The molecule has 3 rings (SSSR count). The molecule has 9 heteroatoms. The molecule has 0 aliphatic carbocycles. The maximum Gasteiger partial charge on any atom is 0.271 e. The molecule has 0 radical (unpaired) electrons. The van der Waals surface area contributed by atoms with Gasteiger partial charge in [-0.15, -0.1) is 0 Å². The van der Waals surface area contributed by atoms with Gasteiger partial charge in [-0.2, -0.15) is 0 Å². The zero-order valence-corrected chi connectivity index (χ0v) is 12.5. The molecule has 9 nitrogen and oxygen atoms in total. The van der Waals surface area contributed by atoms with Crippen molar-refractivity contribution in [1.82, 2.24) is 25.4 Å². The molecule has 5 N–H and O–H groups in total. The van der Waals surface area contributed by atoms with Crippen molar-refractivity contribution in [2.75, 3.05) is 16.5 Å². The van der Waals surface area contributed by atoms with E-state index in [0.29, 0.717) is 17.2 Å². The molecule has 0 aromatic carbocycles. The Labute approximate surface area is 137 Å². The molecule has 0 bridgehead atoms. The molecule has 120 valence electrons. The van der Waals surface area contributed by atoms with Gasteiger partial charge in [0.15, 0.2) is 11.6 Å². The standard InChI is InChI=1S/C15H14N8O/c16-12-13(21-11-5-1-2-7-18-11)19-9-20-14(12)22-23-15(24)10-4-3-6-17-8-10/h1-9H,16H2,(H,23,24)(H2,18,19,20,21,22). The molecule has 0 fully saturated rings. The van der Waals surface area contributed by atoms with Crippen LogP contribution in [0.3, 0.4) is 0 Å². The smallest absolute Gasteiger partial charge is 0.271 e. The Morgan fingerprint density at radius 3 is 2.62 bits per heavy atom. The number of nitrogens with two attached hydrogens (primary N) is 1. The number of aromatic nitrogens is 4. The molecule has 3 aromatic heterocycles. The third kappa shape index (κ3) is 3.53. The first-order chi connectivity index (χ1) is 11.7. The van der Waals surface area contributed by atoms with Crippen LogP contribution in [0.5, 0.6) is 0 Å². The quantitative estimate of drug-likeness (QED) is 0.518.